The molecule has 2 rings (SSSR count). The third kappa shape index (κ3) is 3.72. The summed E-state index contributed by atoms with van der Waals surface area (Å²) in [6.07, 6.45) is 3.33. The van der Waals surface area contributed by atoms with Crippen LogP contribution in [0.5, 0.6) is 0 Å². The van der Waals surface area contributed by atoms with Gasteiger partial charge in [0.2, 0.25) is 0 Å². The predicted octanol–water partition coefficient (Wildman–Crippen LogP) is 4.96. The van der Waals surface area contributed by atoms with E-state index in [2.05, 4.69) is 23.7 Å². The van der Waals surface area contributed by atoms with Gasteiger partial charge in [-0.05, 0) is 30.2 Å². The molecule has 0 bridgehead atoms. The monoisotopic (exact) mass is 305 g/mol. The molecule has 0 spiro atoms. The number of rotatable bonds is 3. The van der Waals surface area contributed by atoms with Gasteiger partial charge in [0.1, 0.15) is 11.5 Å². The Morgan fingerprint density at radius 1 is 1.40 bits per heavy atom. The zero-order valence-corrected chi connectivity index (χ0v) is 13.2. The lowest BCUT2D eigenvalue weighted by Crippen LogP contribution is -2.34. The molecule has 6 heteroatoms. The van der Waals surface area contributed by atoms with Gasteiger partial charge in [-0.25, -0.2) is 4.98 Å². The number of pyridine rings is 1. The lowest BCUT2D eigenvalue weighted by molar-refractivity contribution is 0.235. The van der Waals surface area contributed by atoms with Gasteiger partial charge in [-0.3, -0.25) is 0 Å². The minimum Gasteiger partial charge on any atom is -0.352 e. The van der Waals surface area contributed by atoms with Crippen molar-refractivity contribution in [2.75, 3.05) is 16.8 Å². The maximum Gasteiger partial charge on any atom is 0.147 e. The first-order valence-electron chi connectivity index (χ1n) is 7.04. The molecule has 0 N–H and O–H groups in total. The van der Waals surface area contributed by atoms with Crippen LogP contribution < -0.4 is 10.2 Å². The van der Waals surface area contributed by atoms with Crippen LogP contribution in [-0.2, 0) is 0 Å². The van der Waals surface area contributed by atoms with Crippen LogP contribution in [0.3, 0.4) is 0 Å². The van der Waals surface area contributed by atoms with Gasteiger partial charge in [-0.1, -0.05) is 48.3 Å². The van der Waals surface area contributed by atoms with Gasteiger partial charge in [0, 0.05) is 12.6 Å². The van der Waals surface area contributed by atoms with Crippen LogP contribution in [0.25, 0.3) is 0 Å². The third-order valence-electron chi connectivity index (χ3n) is 3.34. The molecule has 0 saturated carbocycles. The molecule has 0 amide bonds. The van der Waals surface area contributed by atoms with Crippen LogP contribution in [0.1, 0.15) is 40.5 Å². The summed E-state index contributed by atoms with van der Waals surface area (Å²) < 4.78 is 24.8. The van der Waals surface area contributed by atoms with Crippen LogP contribution in [0.2, 0.25) is 5.02 Å². The number of hydrogen-bond donors (Lipinski definition) is 0. The second-order valence-corrected chi connectivity index (χ2v) is 5.29. The molecule has 1 aromatic heterocycles. The minimum absolute atomic E-state index is 0.278. The van der Waals surface area contributed by atoms with Gasteiger partial charge < -0.3 is 4.90 Å². The largest absolute Gasteiger partial charge is 0.352 e. The Kier molecular flexibility index (Phi) is 6.46. The van der Waals surface area contributed by atoms with E-state index in [0.29, 0.717) is 17.8 Å². The van der Waals surface area contributed by atoms with Crippen molar-refractivity contribution in [3.63, 3.8) is 0 Å². The maximum atomic E-state index is 12.4. The zero-order chi connectivity index (χ0) is 15.3. The Morgan fingerprint density at radius 3 is 2.55 bits per heavy atom. The van der Waals surface area contributed by atoms with Gasteiger partial charge in [0.05, 0.1) is 11.2 Å². The zero-order valence-electron chi connectivity index (χ0n) is 12.4. The molecule has 3 nitrogen and oxygen atoms in total. The number of nitrogens with zero attached hydrogens (tertiary/aromatic N) is 3. The van der Waals surface area contributed by atoms with Crippen molar-refractivity contribution >= 4 is 23.1 Å². The summed E-state index contributed by atoms with van der Waals surface area (Å²) in [5, 5.41) is -0.701. The van der Waals surface area contributed by atoms with Gasteiger partial charge in [-0.2, -0.15) is 0 Å². The number of halogens is 3. The summed E-state index contributed by atoms with van der Waals surface area (Å²) in [5.74, 6) is 1.10. The lowest BCUT2D eigenvalue weighted by atomic mass is 10.0. The molecule has 1 fully saturated rings. The fraction of sp³-hybridized carbons (Fsp3) is 0.643. The molecular formula is C14H22ClF2N3. The smallest absolute Gasteiger partial charge is 0.147 e. The molecule has 0 aliphatic carbocycles. The maximum absolute atomic E-state index is 12.4. The Hall–Kier alpha value is -1.10. The van der Waals surface area contributed by atoms with E-state index in [4.69, 9.17) is 11.6 Å². The highest BCUT2D eigenvalue weighted by atomic mass is 35.5. The standard InChI is InChI=1S/C12H16ClF2N3.C2H6/c1-8(2)11-4-3-5-17(11)12-10(13)6-9(7-16-12)18(14)15;1-2/h6-8,11H,3-5H2,1-2H3;1-2H3. The number of aromatic nitrogens is 1. The highest BCUT2D eigenvalue weighted by Gasteiger charge is 2.29. The van der Waals surface area contributed by atoms with Crippen molar-refractivity contribution in [1.82, 2.24) is 4.98 Å². The van der Waals surface area contributed by atoms with Gasteiger partial charge >= 0.3 is 0 Å². The third-order valence-corrected chi connectivity index (χ3v) is 3.62. The van der Waals surface area contributed by atoms with Crippen molar-refractivity contribution < 1.29 is 8.96 Å². The molecule has 0 aromatic carbocycles. The quantitative estimate of drug-likeness (QED) is 0.736. The molecule has 1 atom stereocenters. The molecule has 2 heterocycles. The molecule has 1 saturated heterocycles. The molecule has 1 unspecified atom stereocenters. The molecule has 0 radical (unpaired) electrons. The normalized spacial score (nSPS) is 18.0. The Morgan fingerprint density at radius 2 is 2.05 bits per heavy atom. The summed E-state index contributed by atoms with van der Waals surface area (Å²) in [6, 6.07) is 1.63. The number of anilines is 2. The summed E-state index contributed by atoms with van der Waals surface area (Å²) in [7, 11) is 0. The Balaban J connectivity index is 0.000000956. The molecule has 1 aliphatic heterocycles. The van der Waals surface area contributed by atoms with Crippen LogP contribution >= 0.6 is 11.6 Å². The number of hydrogen-bond acceptors (Lipinski definition) is 3. The molecule has 114 valence electrons. The predicted molar refractivity (Wildman–Crippen MR) is 80.5 cm³/mol. The average Bonchev–Trinajstić information content (AvgIpc) is 2.90. The van der Waals surface area contributed by atoms with E-state index in [1.165, 1.54) is 6.07 Å². The molecule has 1 aromatic rings. The first-order valence-corrected chi connectivity index (χ1v) is 7.42. The van der Waals surface area contributed by atoms with Crippen molar-refractivity contribution in [3.8, 4) is 0 Å². The van der Waals surface area contributed by atoms with Crippen molar-refractivity contribution in [2.24, 2.45) is 5.92 Å². The summed E-state index contributed by atoms with van der Waals surface area (Å²) in [4.78, 5) is 6.21. The lowest BCUT2D eigenvalue weighted by Gasteiger charge is -2.29. The fourth-order valence-electron chi connectivity index (χ4n) is 2.47. The SMILES string of the molecule is CC.CC(C)C1CCCN1c1ncc(N(F)F)cc1Cl. The average molecular weight is 306 g/mol. The fourth-order valence-corrected chi connectivity index (χ4v) is 2.74. The summed E-state index contributed by atoms with van der Waals surface area (Å²) >= 11 is 6.06. The van der Waals surface area contributed by atoms with Gasteiger partial charge in [-0.15, -0.1) is 0 Å². The van der Waals surface area contributed by atoms with E-state index in [0.717, 1.165) is 25.6 Å². The van der Waals surface area contributed by atoms with Crippen LogP contribution in [0.15, 0.2) is 12.3 Å². The van der Waals surface area contributed by atoms with Crippen molar-refractivity contribution in [2.45, 2.75) is 46.6 Å². The van der Waals surface area contributed by atoms with Crippen LogP contribution in [0, 0.1) is 5.92 Å². The van der Waals surface area contributed by atoms with E-state index in [1.807, 2.05) is 13.8 Å². The highest BCUT2D eigenvalue weighted by molar-refractivity contribution is 6.33. The Bertz CT molecular complexity index is 427. The molecule has 20 heavy (non-hydrogen) atoms. The van der Waals surface area contributed by atoms with Crippen molar-refractivity contribution in [1.29, 1.82) is 0 Å². The van der Waals surface area contributed by atoms with E-state index < -0.39 is 5.34 Å². The first kappa shape index (κ1) is 17.0. The van der Waals surface area contributed by atoms with Crippen molar-refractivity contribution in [3.05, 3.63) is 17.3 Å². The molecular weight excluding hydrogens is 284 g/mol. The van der Waals surface area contributed by atoms with Crippen LogP contribution in [-0.4, -0.2) is 17.6 Å². The summed E-state index contributed by atoms with van der Waals surface area (Å²) in [5.41, 5.74) is -0.288. The minimum atomic E-state index is -0.980. The highest BCUT2D eigenvalue weighted by Crippen LogP contribution is 2.34. The summed E-state index contributed by atoms with van der Waals surface area (Å²) in [6.45, 7) is 9.18. The Labute approximate surface area is 124 Å². The van der Waals surface area contributed by atoms with Gasteiger partial charge in [0.25, 0.3) is 0 Å². The van der Waals surface area contributed by atoms with Gasteiger partial charge in [0.15, 0.2) is 0 Å². The van der Waals surface area contributed by atoms with E-state index >= 15 is 0 Å². The molecule has 1 aliphatic rings. The topological polar surface area (TPSA) is 19.4 Å². The second-order valence-electron chi connectivity index (χ2n) is 4.88. The van der Waals surface area contributed by atoms with Crippen LogP contribution in [0.4, 0.5) is 20.5 Å². The van der Waals surface area contributed by atoms with E-state index in [1.54, 1.807) is 0 Å². The van der Waals surface area contributed by atoms with E-state index in [9.17, 15) is 8.96 Å². The first-order chi connectivity index (χ1) is 9.50. The van der Waals surface area contributed by atoms with E-state index in [-0.39, 0.29) is 10.7 Å². The second kappa shape index (κ2) is 7.62.